The van der Waals surface area contributed by atoms with Crippen molar-refractivity contribution < 1.29 is 23.9 Å². The van der Waals surface area contributed by atoms with E-state index in [2.05, 4.69) is 22.5 Å². The highest BCUT2D eigenvalue weighted by atomic mass is 32.1. The lowest BCUT2D eigenvalue weighted by Gasteiger charge is -2.14. The molecule has 1 aliphatic heterocycles. The molecule has 0 aliphatic carbocycles. The average Bonchev–Trinajstić information content (AvgIpc) is 3.23. The molecule has 0 saturated carbocycles. The Morgan fingerprint density at radius 2 is 1.81 bits per heavy atom. The Kier molecular flexibility index (Phi) is 6.71. The number of rotatable bonds is 7. The van der Waals surface area contributed by atoms with Crippen LogP contribution in [0.2, 0.25) is 0 Å². The molecule has 10 heteroatoms. The number of carbonyl (C=O) groups is 3. The highest BCUT2D eigenvalue weighted by Gasteiger charge is 2.33. The molecule has 1 aromatic carbocycles. The van der Waals surface area contributed by atoms with E-state index >= 15 is 0 Å². The number of hydrazine groups is 1. The Labute approximate surface area is 183 Å². The molecule has 0 atom stereocenters. The lowest BCUT2D eigenvalue weighted by molar-refractivity contribution is -0.112. The van der Waals surface area contributed by atoms with Gasteiger partial charge in [-0.15, -0.1) is 11.3 Å². The second-order valence-corrected chi connectivity index (χ2v) is 7.36. The van der Waals surface area contributed by atoms with E-state index in [1.165, 1.54) is 5.01 Å². The fraction of sp³-hybridized carbons (Fsp3) is 0.238. The van der Waals surface area contributed by atoms with E-state index in [9.17, 15) is 14.4 Å². The minimum atomic E-state index is -0.602. The van der Waals surface area contributed by atoms with Crippen LogP contribution < -0.4 is 15.9 Å². The van der Waals surface area contributed by atoms with Crippen LogP contribution >= 0.6 is 11.3 Å². The number of ether oxygens (including phenoxy) is 2. The van der Waals surface area contributed by atoms with Crippen molar-refractivity contribution in [2.75, 3.05) is 23.6 Å². The summed E-state index contributed by atoms with van der Waals surface area (Å²) < 4.78 is 10.2. The molecule has 1 aliphatic rings. The molecule has 1 amide bonds. The number of anilines is 2. The molecule has 0 spiro atoms. The van der Waals surface area contributed by atoms with Crippen molar-refractivity contribution >= 4 is 45.6 Å². The smallest absolute Gasteiger partial charge is 0.348 e. The van der Waals surface area contributed by atoms with Crippen LogP contribution in [0.5, 0.6) is 0 Å². The van der Waals surface area contributed by atoms with Crippen molar-refractivity contribution in [2.45, 2.75) is 20.8 Å². The van der Waals surface area contributed by atoms with Crippen molar-refractivity contribution in [1.82, 2.24) is 5.43 Å². The minimum absolute atomic E-state index is 0.0439. The quantitative estimate of drug-likeness (QED) is 0.500. The van der Waals surface area contributed by atoms with Crippen molar-refractivity contribution in [1.29, 1.82) is 0 Å². The van der Waals surface area contributed by atoms with Gasteiger partial charge in [-0.3, -0.25) is 15.6 Å². The van der Waals surface area contributed by atoms with Gasteiger partial charge in [-0.25, -0.2) is 14.6 Å². The summed E-state index contributed by atoms with van der Waals surface area (Å²) in [4.78, 5) is 37.8. The molecule has 31 heavy (non-hydrogen) atoms. The van der Waals surface area contributed by atoms with Crippen molar-refractivity contribution in [3.05, 3.63) is 58.6 Å². The Morgan fingerprint density at radius 3 is 2.45 bits per heavy atom. The molecule has 0 bridgehead atoms. The molecule has 162 valence electrons. The molecule has 2 N–H and O–H groups in total. The van der Waals surface area contributed by atoms with Gasteiger partial charge in [0.2, 0.25) is 0 Å². The van der Waals surface area contributed by atoms with Crippen LogP contribution in [-0.4, -0.2) is 36.8 Å². The molecule has 1 fully saturated rings. The fourth-order valence-electron chi connectivity index (χ4n) is 2.89. The lowest BCUT2D eigenvalue weighted by Crippen LogP contribution is -2.34. The van der Waals surface area contributed by atoms with Crippen molar-refractivity contribution in [3.8, 4) is 0 Å². The first-order chi connectivity index (χ1) is 14.9. The topological polar surface area (TPSA) is 109 Å². The van der Waals surface area contributed by atoms with E-state index in [0.717, 1.165) is 11.3 Å². The molecule has 2 heterocycles. The number of benzene rings is 1. The number of carbonyl (C=O) groups excluding carboxylic acids is 3. The van der Waals surface area contributed by atoms with Crippen LogP contribution in [-0.2, 0) is 14.3 Å². The number of hydrogen-bond acceptors (Lipinski definition) is 9. The highest BCUT2D eigenvalue weighted by Crippen LogP contribution is 2.34. The zero-order valence-corrected chi connectivity index (χ0v) is 18.2. The zero-order chi connectivity index (χ0) is 22.5. The molecule has 1 aromatic heterocycles. The van der Waals surface area contributed by atoms with Gasteiger partial charge in [0.05, 0.1) is 30.2 Å². The predicted molar refractivity (Wildman–Crippen MR) is 118 cm³/mol. The number of nitrogens with zero attached hydrogens (tertiary/aromatic N) is 2. The summed E-state index contributed by atoms with van der Waals surface area (Å²) in [6.07, 6.45) is 0. The number of amides is 1. The number of esters is 2. The standard InChI is InChI=1S/C21H22N4O5S/c1-5-29-20(27)15-12(3)17(21(28)30-6-2)31-18(15)23-22-16-13(4)24-25(19(16)26)14-10-8-7-9-11-14/h7-11,23-24H,4-6H2,1-3H3/b22-16+. The number of nitrogens with one attached hydrogen (secondary N) is 2. The molecule has 1 saturated heterocycles. The Balaban J connectivity index is 1.92. The first-order valence-corrected chi connectivity index (χ1v) is 10.4. The Hall–Kier alpha value is -3.66. The van der Waals surface area contributed by atoms with Gasteiger partial charge in [-0.2, -0.15) is 5.10 Å². The third kappa shape index (κ3) is 4.43. The van der Waals surface area contributed by atoms with Crippen molar-refractivity contribution in [2.24, 2.45) is 5.10 Å². The van der Waals surface area contributed by atoms with E-state index in [-0.39, 0.29) is 40.1 Å². The van der Waals surface area contributed by atoms with Crippen LogP contribution in [0, 0.1) is 6.92 Å². The molecule has 0 unspecified atom stereocenters. The summed E-state index contributed by atoms with van der Waals surface area (Å²) in [7, 11) is 0. The zero-order valence-electron chi connectivity index (χ0n) is 17.4. The number of thiophene rings is 1. The lowest BCUT2D eigenvalue weighted by atomic mass is 10.1. The second-order valence-electron chi connectivity index (χ2n) is 6.34. The third-order valence-electron chi connectivity index (χ3n) is 4.31. The first kappa shape index (κ1) is 22.0. The summed E-state index contributed by atoms with van der Waals surface area (Å²) in [6, 6.07) is 8.98. The summed E-state index contributed by atoms with van der Waals surface area (Å²) in [5, 5.41) is 5.75. The SMILES string of the molecule is C=C1NN(c2ccccc2)C(=O)/C1=N/Nc1sc(C(=O)OCC)c(C)c1C(=O)OCC. The predicted octanol–water partition coefficient (Wildman–Crippen LogP) is 3.24. The monoisotopic (exact) mass is 442 g/mol. The largest absolute Gasteiger partial charge is 0.462 e. The minimum Gasteiger partial charge on any atom is -0.462 e. The summed E-state index contributed by atoms with van der Waals surface area (Å²) >= 11 is 1.00. The van der Waals surface area contributed by atoms with E-state index in [0.29, 0.717) is 11.3 Å². The van der Waals surface area contributed by atoms with Crippen LogP contribution in [0.3, 0.4) is 0 Å². The Morgan fingerprint density at radius 1 is 1.16 bits per heavy atom. The molecule has 0 radical (unpaired) electrons. The first-order valence-electron chi connectivity index (χ1n) is 9.55. The van der Waals surface area contributed by atoms with Gasteiger partial charge >= 0.3 is 11.9 Å². The average molecular weight is 442 g/mol. The van der Waals surface area contributed by atoms with E-state index in [4.69, 9.17) is 9.47 Å². The van der Waals surface area contributed by atoms with Crippen LogP contribution in [0.4, 0.5) is 10.7 Å². The van der Waals surface area contributed by atoms with Gasteiger partial charge in [-0.1, -0.05) is 24.8 Å². The van der Waals surface area contributed by atoms with E-state index in [1.54, 1.807) is 45.0 Å². The normalized spacial score (nSPS) is 14.5. The maximum atomic E-state index is 12.8. The van der Waals surface area contributed by atoms with Crippen LogP contribution in [0.15, 0.2) is 47.7 Å². The molecule has 9 nitrogen and oxygen atoms in total. The molecular weight excluding hydrogens is 420 g/mol. The third-order valence-corrected chi connectivity index (χ3v) is 5.49. The van der Waals surface area contributed by atoms with Crippen LogP contribution in [0.25, 0.3) is 0 Å². The Bertz CT molecular complexity index is 1060. The van der Waals surface area contributed by atoms with Gasteiger partial charge in [0.25, 0.3) is 5.91 Å². The molecular formula is C21H22N4O5S. The summed E-state index contributed by atoms with van der Waals surface area (Å²) in [5.74, 6) is -1.56. The number of para-hydroxylation sites is 1. The van der Waals surface area contributed by atoms with Crippen LogP contribution in [0.1, 0.15) is 39.4 Å². The number of hydrogen-bond donors (Lipinski definition) is 2. The van der Waals surface area contributed by atoms with Gasteiger partial charge in [0.1, 0.15) is 9.88 Å². The maximum Gasteiger partial charge on any atom is 0.348 e. The highest BCUT2D eigenvalue weighted by molar-refractivity contribution is 7.18. The number of hydrazone groups is 1. The van der Waals surface area contributed by atoms with E-state index < -0.39 is 17.8 Å². The van der Waals surface area contributed by atoms with Crippen molar-refractivity contribution in [3.63, 3.8) is 0 Å². The fourth-order valence-corrected chi connectivity index (χ4v) is 3.92. The second kappa shape index (κ2) is 9.43. The van der Waals surface area contributed by atoms with Gasteiger partial charge in [0.15, 0.2) is 5.71 Å². The van der Waals surface area contributed by atoms with Gasteiger partial charge in [-0.05, 0) is 38.5 Å². The molecule has 3 rings (SSSR count). The summed E-state index contributed by atoms with van der Waals surface area (Å²) in [6.45, 7) is 9.21. The summed E-state index contributed by atoms with van der Waals surface area (Å²) in [5.41, 5.74) is 7.16. The van der Waals surface area contributed by atoms with E-state index in [1.807, 2.05) is 6.07 Å². The van der Waals surface area contributed by atoms with Gasteiger partial charge < -0.3 is 9.47 Å². The maximum absolute atomic E-state index is 12.8. The molecule has 2 aromatic rings. The van der Waals surface area contributed by atoms with Gasteiger partial charge in [0, 0.05) is 0 Å².